The number of ether oxygens (including phenoxy) is 2. The molecule has 1 aliphatic rings. The predicted molar refractivity (Wildman–Crippen MR) is 72.2 cm³/mol. The van der Waals surface area contributed by atoms with Gasteiger partial charge in [0.2, 0.25) is 0 Å². The maximum Gasteiger partial charge on any atom is 0.161 e. The summed E-state index contributed by atoms with van der Waals surface area (Å²) < 4.78 is 11.3. The van der Waals surface area contributed by atoms with Crippen molar-refractivity contribution in [3.63, 3.8) is 0 Å². The second-order valence-corrected chi connectivity index (χ2v) is 4.61. The first kappa shape index (κ1) is 13.7. The Morgan fingerprint density at radius 3 is 2.58 bits per heavy atom. The molecule has 0 radical (unpaired) electrons. The Kier molecular flexibility index (Phi) is 4.64. The Morgan fingerprint density at radius 1 is 1.26 bits per heavy atom. The van der Waals surface area contributed by atoms with Crippen molar-refractivity contribution in [2.45, 2.75) is 32.7 Å². The molecule has 1 heterocycles. The maximum absolute atomic E-state index is 8.93. The summed E-state index contributed by atoms with van der Waals surface area (Å²) in [5, 5.41) is 11.2. The lowest BCUT2D eigenvalue weighted by Crippen LogP contribution is -2.87. The number of quaternary nitrogens is 1. The zero-order valence-electron chi connectivity index (χ0n) is 11.6. The number of nitrogens with two attached hydrogens (primary N) is 1. The van der Waals surface area contributed by atoms with Gasteiger partial charge in [0.25, 0.3) is 0 Å². The summed E-state index contributed by atoms with van der Waals surface area (Å²) in [6.07, 6.45) is 1.55. The number of benzene rings is 1. The van der Waals surface area contributed by atoms with Gasteiger partial charge in [-0.1, -0.05) is 0 Å². The highest BCUT2D eigenvalue weighted by molar-refractivity contribution is 5.49. The van der Waals surface area contributed by atoms with Crippen molar-refractivity contribution < 1.29 is 14.8 Å². The van der Waals surface area contributed by atoms with Crippen molar-refractivity contribution in [1.29, 1.82) is 5.26 Å². The molecule has 2 rings (SSSR count). The number of hydrogen-bond donors (Lipinski definition) is 1. The fraction of sp³-hybridized carbons (Fsp3) is 0.533. The van der Waals surface area contributed by atoms with Gasteiger partial charge in [0.1, 0.15) is 6.04 Å². The fourth-order valence-electron chi connectivity index (χ4n) is 2.57. The Bertz CT molecular complexity index is 480. The van der Waals surface area contributed by atoms with Crippen LogP contribution < -0.4 is 14.8 Å². The van der Waals surface area contributed by atoms with Crippen LogP contribution in [0.1, 0.15) is 37.4 Å². The van der Waals surface area contributed by atoms with Gasteiger partial charge in [0.05, 0.1) is 32.2 Å². The highest BCUT2D eigenvalue weighted by Crippen LogP contribution is 2.34. The molecule has 1 aromatic carbocycles. The fourth-order valence-corrected chi connectivity index (χ4v) is 2.57. The number of nitriles is 1. The largest absolute Gasteiger partial charge is 0.490 e. The number of rotatable bonds is 5. The Labute approximate surface area is 114 Å². The van der Waals surface area contributed by atoms with Crippen molar-refractivity contribution in [3.8, 4) is 17.6 Å². The molecule has 0 saturated carbocycles. The van der Waals surface area contributed by atoms with Crippen LogP contribution in [-0.4, -0.2) is 19.8 Å². The van der Waals surface area contributed by atoms with E-state index in [1.54, 1.807) is 0 Å². The van der Waals surface area contributed by atoms with Crippen LogP contribution in [0.3, 0.4) is 0 Å². The van der Waals surface area contributed by atoms with E-state index in [4.69, 9.17) is 14.7 Å². The van der Waals surface area contributed by atoms with E-state index in [0.29, 0.717) is 19.6 Å². The summed E-state index contributed by atoms with van der Waals surface area (Å²) in [7, 11) is 0. The van der Waals surface area contributed by atoms with Crippen molar-refractivity contribution in [2.75, 3.05) is 19.8 Å². The molecule has 0 bridgehead atoms. The van der Waals surface area contributed by atoms with Gasteiger partial charge in [-0.25, -0.2) is 0 Å². The van der Waals surface area contributed by atoms with E-state index in [0.717, 1.165) is 24.5 Å². The smallest absolute Gasteiger partial charge is 0.161 e. The summed E-state index contributed by atoms with van der Waals surface area (Å²) in [6, 6.07) is 6.63. The van der Waals surface area contributed by atoms with E-state index >= 15 is 0 Å². The van der Waals surface area contributed by atoms with E-state index in [1.807, 2.05) is 13.8 Å². The molecule has 0 amide bonds. The highest BCUT2D eigenvalue weighted by atomic mass is 16.5. The zero-order valence-corrected chi connectivity index (χ0v) is 11.6. The third kappa shape index (κ3) is 2.99. The van der Waals surface area contributed by atoms with E-state index in [1.165, 1.54) is 11.1 Å². The number of hydrogen-bond acceptors (Lipinski definition) is 3. The molecule has 0 spiro atoms. The highest BCUT2D eigenvalue weighted by Gasteiger charge is 2.25. The van der Waals surface area contributed by atoms with Crippen LogP contribution in [0.4, 0.5) is 0 Å². The number of nitrogens with zero attached hydrogens (tertiary/aromatic N) is 1. The minimum absolute atomic E-state index is 0.226. The second kappa shape index (κ2) is 6.44. The van der Waals surface area contributed by atoms with Crippen LogP contribution in [0, 0.1) is 11.3 Å². The molecule has 1 aliphatic heterocycles. The Hall–Kier alpha value is -1.73. The first-order valence-electron chi connectivity index (χ1n) is 6.92. The van der Waals surface area contributed by atoms with Gasteiger partial charge in [0.15, 0.2) is 11.5 Å². The SMILES string of the molecule is CCOc1cc2c(cc1OCC)[C@@H](CC#N)[NH2+]CC2. The zero-order chi connectivity index (χ0) is 13.7. The van der Waals surface area contributed by atoms with Gasteiger partial charge in [-0.15, -0.1) is 0 Å². The third-order valence-electron chi connectivity index (χ3n) is 3.38. The molecule has 1 aromatic rings. The van der Waals surface area contributed by atoms with Gasteiger partial charge >= 0.3 is 0 Å². The van der Waals surface area contributed by atoms with Crippen molar-refractivity contribution in [1.82, 2.24) is 0 Å². The molecule has 0 aromatic heterocycles. The average molecular weight is 261 g/mol. The summed E-state index contributed by atoms with van der Waals surface area (Å²) in [6.45, 7) is 6.21. The molecule has 102 valence electrons. The molecule has 0 saturated heterocycles. The second-order valence-electron chi connectivity index (χ2n) is 4.61. The van der Waals surface area contributed by atoms with Crippen LogP contribution in [0.5, 0.6) is 11.5 Å². The predicted octanol–water partition coefficient (Wildman–Crippen LogP) is 1.56. The van der Waals surface area contributed by atoms with Crippen molar-refractivity contribution in [3.05, 3.63) is 23.3 Å². The molecule has 0 unspecified atom stereocenters. The molecule has 4 nitrogen and oxygen atoms in total. The standard InChI is InChI=1S/C15H20N2O2/c1-3-18-14-9-11-6-8-17-13(5-7-16)12(11)10-15(14)19-4-2/h9-10,13,17H,3-6,8H2,1-2H3/p+1/t13-/m1/s1. The normalized spacial score (nSPS) is 17.4. The van der Waals surface area contributed by atoms with E-state index in [9.17, 15) is 0 Å². The van der Waals surface area contributed by atoms with Gasteiger partial charge < -0.3 is 14.8 Å². The summed E-state index contributed by atoms with van der Waals surface area (Å²) >= 11 is 0. The molecule has 4 heteroatoms. The van der Waals surface area contributed by atoms with Gasteiger partial charge in [0, 0.05) is 12.0 Å². The third-order valence-corrected chi connectivity index (χ3v) is 3.38. The van der Waals surface area contributed by atoms with Crippen LogP contribution in [0.2, 0.25) is 0 Å². The van der Waals surface area contributed by atoms with E-state index in [-0.39, 0.29) is 6.04 Å². The van der Waals surface area contributed by atoms with Crippen LogP contribution in [-0.2, 0) is 6.42 Å². The quantitative estimate of drug-likeness (QED) is 0.875. The van der Waals surface area contributed by atoms with Crippen LogP contribution >= 0.6 is 0 Å². The van der Waals surface area contributed by atoms with Crippen molar-refractivity contribution in [2.24, 2.45) is 0 Å². The molecular weight excluding hydrogens is 240 g/mol. The minimum Gasteiger partial charge on any atom is -0.490 e. The van der Waals surface area contributed by atoms with Gasteiger partial charge in [-0.05, 0) is 31.5 Å². The monoisotopic (exact) mass is 261 g/mol. The summed E-state index contributed by atoms with van der Waals surface area (Å²) in [4.78, 5) is 0. The summed E-state index contributed by atoms with van der Waals surface area (Å²) in [5.41, 5.74) is 2.51. The first-order chi connectivity index (χ1) is 9.30. The molecular formula is C15H21N2O2+. The Morgan fingerprint density at radius 2 is 1.95 bits per heavy atom. The topological polar surface area (TPSA) is 58.9 Å². The average Bonchev–Trinajstić information content (AvgIpc) is 2.41. The van der Waals surface area contributed by atoms with E-state index < -0.39 is 0 Å². The van der Waals surface area contributed by atoms with Crippen LogP contribution in [0.15, 0.2) is 12.1 Å². The minimum atomic E-state index is 0.226. The lowest BCUT2D eigenvalue weighted by Gasteiger charge is -2.24. The Balaban J connectivity index is 2.39. The summed E-state index contributed by atoms with van der Waals surface area (Å²) in [5.74, 6) is 1.61. The van der Waals surface area contributed by atoms with Crippen LogP contribution in [0.25, 0.3) is 0 Å². The first-order valence-corrected chi connectivity index (χ1v) is 6.92. The van der Waals surface area contributed by atoms with Gasteiger partial charge in [-0.2, -0.15) is 5.26 Å². The molecule has 2 N–H and O–H groups in total. The lowest BCUT2D eigenvalue weighted by molar-refractivity contribution is -0.698. The molecule has 1 atom stereocenters. The molecule has 0 aliphatic carbocycles. The number of fused-ring (bicyclic) bond motifs is 1. The molecule has 19 heavy (non-hydrogen) atoms. The van der Waals surface area contributed by atoms with Crippen molar-refractivity contribution >= 4 is 0 Å². The van der Waals surface area contributed by atoms with E-state index in [2.05, 4.69) is 23.5 Å². The molecule has 0 fully saturated rings. The maximum atomic E-state index is 8.93. The lowest BCUT2D eigenvalue weighted by atomic mass is 9.92. The van der Waals surface area contributed by atoms with Gasteiger partial charge in [-0.3, -0.25) is 0 Å².